The number of nitrogens with zero attached hydrogens (tertiary/aromatic N) is 2. The van der Waals surface area contributed by atoms with Crippen molar-refractivity contribution < 1.29 is 9.50 Å². The average molecular weight is 236 g/mol. The first-order valence-electron chi connectivity index (χ1n) is 6.28. The van der Waals surface area contributed by atoms with E-state index in [1.807, 2.05) is 0 Å². The summed E-state index contributed by atoms with van der Waals surface area (Å²) in [5, 5.41) is 9.27. The predicted octanol–water partition coefficient (Wildman–Crippen LogP) is 1.95. The summed E-state index contributed by atoms with van der Waals surface area (Å²) in [6, 6.07) is 1.39. The maximum Gasteiger partial charge on any atom is 0.142 e. The van der Waals surface area contributed by atoms with Gasteiger partial charge in [0.05, 0.1) is 12.8 Å². The van der Waals surface area contributed by atoms with Crippen LogP contribution in [-0.4, -0.2) is 23.2 Å². The van der Waals surface area contributed by atoms with Crippen LogP contribution < -0.4 is 4.90 Å². The van der Waals surface area contributed by atoms with Crippen molar-refractivity contribution in [3.05, 3.63) is 23.6 Å². The number of halogens is 1. The first-order valence-corrected chi connectivity index (χ1v) is 6.28. The lowest BCUT2D eigenvalue weighted by atomic mass is 10.0. The molecule has 0 bridgehead atoms. The molecule has 1 saturated heterocycles. The molecule has 4 heteroatoms. The van der Waals surface area contributed by atoms with Crippen molar-refractivity contribution in [2.24, 2.45) is 11.8 Å². The lowest BCUT2D eigenvalue weighted by Gasteiger charge is -2.20. The second kappa shape index (κ2) is 4.26. The molecule has 2 fully saturated rings. The Bertz CT molecular complexity index is 412. The van der Waals surface area contributed by atoms with E-state index in [0.29, 0.717) is 5.56 Å². The number of rotatable bonds is 2. The van der Waals surface area contributed by atoms with Crippen LogP contribution in [0.25, 0.3) is 0 Å². The molecule has 0 radical (unpaired) electrons. The fraction of sp³-hybridized carbons (Fsp3) is 0.615. The standard InChI is InChI=1S/C13H17FN2O/c14-12-4-11(8-17)13(15-5-12)16-6-9-2-1-3-10(9)7-16/h4-5,9-10,17H,1-3,6-8H2. The zero-order chi connectivity index (χ0) is 11.8. The number of hydrogen-bond donors (Lipinski definition) is 1. The van der Waals surface area contributed by atoms with Crippen molar-refractivity contribution in [3.8, 4) is 0 Å². The van der Waals surface area contributed by atoms with Gasteiger partial charge in [0, 0.05) is 18.7 Å². The van der Waals surface area contributed by atoms with Gasteiger partial charge in [-0.1, -0.05) is 6.42 Å². The van der Waals surface area contributed by atoms with Crippen LogP contribution >= 0.6 is 0 Å². The molecule has 0 amide bonds. The molecule has 92 valence electrons. The molecule has 2 aliphatic rings. The zero-order valence-electron chi connectivity index (χ0n) is 9.77. The Morgan fingerprint density at radius 2 is 2.06 bits per heavy atom. The molecule has 0 spiro atoms. The molecule has 1 N–H and O–H groups in total. The quantitative estimate of drug-likeness (QED) is 0.852. The fourth-order valence-corrected chi connectivity index (χ4v) is 3.28. The molecule has 1 aliphatic heterocycles. The van der Waals surface area contributed by atoms with E-state index in [1.165, 1.54) is 31.5 Å². The highest BCUT2D eigenvalue weighted by Gasteiger charge is 2.37. The first kappa shape index (κ1) is 11.0. The van der Waals surface area contributed by atoms with Gasteiger partial charge in [0.1, 0.15) is 11.6 Å². The average Bonchev–Trinajstić information content (AvgIpc) is 2.89. The van der Waals surface area contributed by atoms with Crippen LogP contribution in [0.2, 0.25) is 0 Å². The summed E-state index contributed by atoms with van der Waals surface area (Å²) < 4.78 is 13.1. The number of pyridine rings is 1. The minimum atomic E-state index is -0.378. The van der Waals surface area contributed by atoms with E-state index < -0.39 is 0 Å². The minimum Gasteiger partial charge on any atom is -0.392 e. The molecule has 0 aromatic carbocycles. The predicted molar refractivity (Wildman–Crippen MR) is 63.2 cm³/mol. The van der Waals surface area contributed by atoms with Gasteiger partial charge < -0.3 is 10.0 Å². The molecule has 3 nitrogen and oxygen atoms in total. The van der Waals surface area contributed by atoms with Crippen molar-refractivity contribution >= 4 is 5.82 Å². The highest BCUT2D eigenvalue weighted by Crippen LogP contribution is 2.39. The van der Waals surface area contributed by atoms with Gasteiger partial charge in [0.2, 0.25) is 0 Å². The second-order valence-corrected chi connectivity index (χ2v) is 5.15. The van der Waals surface area contributed by atoms with E-state index in [1.54, 1.807) is 0 Å². The first-order chi connectivity index (χ1) is 8.28. The summed E-state index contributed by atoms with van der Waals surface area (Å²) in [6.45, 7) is 1.87. The van der Waals surface area contributed by atoms with E-state index in [4.69, 9.17) is 0 Å². The number of hydrogen-bond acceptors (Lipinski definition) is 3. The van der Waals surface area contributed by atoms with Crippen LogP contribution in [0.3, 0.4) is 0 Å². The van der Waals surface area contributed by atoms with Crippen molar-refractivity contribution in [2.45, 2.75) is 25.9 Å². The Morgan fingerprint density at radius 1 is 1.35 bits per heavy atom. The summed E-state index contributed by atoms with van der Waals surface area (Å²) in [7, 11) is 0. The maximum absolute atomic E-state index is 13.1. The number of anilines is 1. The highest BCUT2D eigenvalue weighted by molar-refractivity contribution is 5.48. The topological polar surface area (TPSA) is 36.4 Å². The number of fused-ring (bicyclic) bond motifs is 1. The summed E-state index contributed by atoms with van der Waals surface area (Å²) in [6.07, 6.45) is 5.18. The summed E-state index contributed by atoms with van der Waals surface area (Å²) in [5.74, 6) is 1.93. The molecule has 17 heavy (non-hydrogen) atoms. The van der Waals surface area contributed by atoms with Gasteiger partial charge in [0.25, 0.3) is 0 Å². The van der Waals surface area contributed by atoms with Crippen molar-refractivity contribution in [2.75, 3.05) is 18.0 Å². The van der Waals surface area contributed by atoms with Gasteiger partial charge in [-0.05, 0) is 30.7 Å². The molecule has 1 saturated carbocycles. The molecule has 3 rings (SSSR count). The van der Waals surface area contributed by atoms with E-state index in [-0.39, 0.29) is 12.4 Å². The molecular weight excluding hydrogens is 219 g/mol. The molecule has 2 atom stereocenters. The number of aromatic nitrogens is 1. The molecular formula is C13H17FN2O. The van der Waals surface area contributed by atoms with Crippen LogP contribution in [0.15, 0.2) is 12.3 Å². The lowest BCUT2D eigenvalue weighted by Crippen LogP contribution is -2.23. The summed E-state index contributed by atoms with van der Waals surface area (Å²) in [4.78, 5) is 6.36. The van der Waals surface area contributed by atoms with Crippen LogP contribution in [0, 0.1) is 17.7 Å². The van der Waals surface area contributed by atoms with Gasteiger partial charge in [-0.15, -0.1) is 0 Å². The largest absolute Gasteiger partial charge is 0.392 e. The third-order valence-corrected chi connectivity index (χ3v) is 4.11. The Kier molecular flexibility index (Phi) is 2.74. The van der Waals surface area contributed by atoms with Crippen molar-refractivity contribution in [3.63, 3.8) is 0 Å². The fourth-order valence-electron chi connectivity index (χ4n) is 3.28. The molecule has 1 aromatic rings. The summed E-state index contributed by atoms with van der Waals surface area (Å²) in [5.41, 5.74) is 0.602. The molecule has 1 aromatic heterocycles. The Morgan fingerprint density at radius 3 is 2.71 bits per heavy atom. The lowest BCUT2D eigenvalue weighted by molar-refractivity contribution is 0.281. The maximum atomic E-state index is 13.1. The number of aliphatic hydroxyl groups excluding tert-OH is 1. The van der Waals surface area contributed by atoms with E-state index in [2.05, 4.69) is 9.88 Å². The monoisotopic (exact) mass is 236 g/mol. The normalized spacial score (nSPS) is 27.5. The van der Waals surface area contributed by atoms with E-state index >= 15 is 0 Å². The van der Waals surface area contributed by atoms with E-state index in [0.717, 1.165) is 30.7 Å². The smallest absolute Gasteiger partial charge is 0.142 e. The van der Waals surface area contributed by atoms with Crippen molar-refractivity contribution in [1.29, 1.82) is 0 Å². The number of aliphatic hydroxyl groups is 1. The van der Waals surface area contributed by atoms with E-state index in [9.17, 15) is 9.50 Å². The third-order valence-electron chi connectivity index (χ3n) is 4.11. The Balaban J connectivity index is 1.85. The zero-order valence-corrected chi connectivity index (χ0v) is 9.77. The van der Waals surface area contributed by atoms with Crippen molar-refractivity contribution in [1.82, 2.24) is 4.98 Å². The SMILES string of the molecule is OCc1cc(F)cnc1N1CC2CCCC2C1. The van der Waals surface area contributed by atoms with Gasteiger partial charge in [-0.25, -0.2) is 9.37 Å². The minimum absolute atomic E-state index is 0.147. The van der Waals surface area contributed by atoms with Crippen LogP contribution in [-0.2, 0) is 6.61 Å². The molecule has 2 heterocycles. The summed E-state index contributed by atoms with van der Waals surface area (Å²) >= 11 is 0. The highest BCUT2D eigenvalue weighted by atomic mass is 19.1. The van der Waals surface area contributed by atoms with Gasteiger partial charge in [0.15, 0.2) is 0 Å². The van der Waals surface area contributed by atoms with Gasteiger partial charge >= 0.3 is 0 Å². The molecule has 1 aliphatic carbocycles. The van der Waals surface area contributed by atoms with Crippen LogP contribution in [0.1, 0.15) is 24.8 Å². The Labute approximate surface area is 100 Å². The third kappa shape index (κ3) is 1.90. The van der Waals surface area contributed by atoms with Crippen LogP contribution in [0.4, 0.5) is 10.2 Å². The molecule has 2 unspecified atom stereocenters. The Hall–Kier alpha value is -1.16. The van der Waals surface area contributed by atoms with Crippen LogP contribution in [0.5, 0.6) is 0 Å². The second-order valence-electron chi connectivity index (χ2n) is 5.15. The van der Waals surface area contributed by atoms with Gasteiger partial charge in [-0.2, -0.15) is 0 Å². The van der Waals surface area contributed by atoms with Gasteiger partial charge in [-0.3, -0.25) is 0 Å².